The van der Waals surface area contributed by atoms with E-state index >= 15 is 0 Å². The minimum atomic E-state index is -0.0432. The summed E-state index contributed by atoms with van der Waals surface area (Å²) in [5.74, 6) is 0.644. The fourth-order valence-corrected chi connectivity index (χ4v) is 2.06. The van der Waals surface area contributed by atoms with E-state index in [0.717, 1.165) is 11.3 Å². The highest BCUT2D eigenvalue weighted by Crippen LogP contribution is 2.26. The molecule has 2 aromatic rings. The van der Waals surface area contributed by atoms with Gasteiger partial charge in [0.15, 0.2) is 0 Å². The average Bonchev–Trinajstić information content (AvgIpc) is 2.54. The number of ether oxygens (including phenoxy) is 1. The van der Waals surface area contributed by atoms with Crippen molar-refractivity contribution in [3.05, 3.63) is 48.0 Å². The van der Waals surface area contributed by atoms with Crippen molar-refractivity contribution in [3.63, 3.8) is 0 Å². The molecular weight excluding hydrogens is 328 g/mol. The molecule has 0 aliphatic heterocycles. The van der Waals surface area contributed by atoms with Gasteiger partial charge in [0.25, 0.3) is 0 Å². The van der Waals surface area contributed by atoms with Gasteiger partial charge in [0.05, 0.1) is 12.3 Å². The molecule has 0 aliphatic rings. The summed E-state index contributed by atoms with van der Waals surface area (Å²) in [6, 6.07) is 10.7. The van der Waals surface area contributed by atoms with Crippen LogP contribution in [-0.4, -0.2) is 24.9 Å². The van der Waals surface area contributed by atoms with Crippen molar-refractivity contribution >= 4 is 41.2 Å². The van der Waals surface area contributed by atoms with Crippen LogP contribution in [0.5, 0.6) is 5.75 Å². The molecule has 0 saturated heterocycles. The third-order valence-electron chi connectivity index (χ3n) is 3.17. The maximum Gasteiger partial charge on any atom is 0.142 e. The summed E-state index contributed by atoms with van der Waals surface area (Å²) in [5.41, 5.74) is 21.1. The fraction of sp³-hybridized carbons (Fsp3) is 0.176. The minimum Gasteiger partial charge on any atom is -0.489 e. The van der Waals surface area contributed by atoms with Crippen LogP contribution in [0, 0.1) is 0 Å². The van der Waals surface area contributed by atoms with E-state index in [1.807, 2.05) is 18.2 Å². The van der Waals surface area contributed by atoms with Gasteiger partial charge in [-0.15, -0.1) is 12.4 Å². The molecule has 24 heavy (non-hydrogen) atoms. The summed E-state index contributed by atoms with van der Waals surface area (Å²) in [5, 5.41) is 12.1. The van der Waals surface area contributed by atoms with Crippen LogP contribution in [0.2, 0.25) is 0 Å². The maximum absolute atomic E-state index is 8.86. The van der Waals surface area contributed by atoms with Gasteiger partial charge in [-0.25, -0.2) is 0 Å². The lowest BCUT2D eigenvalue weighted by Gasteiger charge is -2.12. The molecule has 0 spiro atoms. The Bertz CT molecular complexity index is 692. The first-order valence-corrected chi connectivity index (χ1v) is 7.28. The van der Waals surface area contributed by atoms with E-state index in [-0.39, 0.29) is 25.6 Å². The van der Waals surface area contributed by atoms with Crippen LogP contribution in [0.25, 0.3) is 6.08 Å². The Morgan fingerprint density at radius 2 is 1.75 bits per heavy atom. The van der Waals surface area contributed by atoms with E-state index in [1.165, 1.54) is 0 Å². The number of nitrogens with one attached hydrogen (secondary N) is 1. The van der Waals surface area contributed by atoms with Gasteiger partial charge in [-0.1, -0.05) is 12.2 Å². The van der Waals surface area contributed by atoms with Crippen molar-refractivity contribution in [2.75, 3.05) is 42.3 Å². The van der Waals surface area contributed by atoms with Crippen molar-refractivity contribution in [1.82, 2.24) is 0 Å². The summed E-state index contributed by atoms with van der Waals surface area (Å²) in [7, 11) is 0. The molecule has 0 heterocycles. The lowest BCUT2D eigenvalue weighted by atomic mass is 10.1. The molecule has 8 N–H and O–H groups in total. The van der Waals surface area contributed by atoms with Crippen LogP contribution in [0.3, 0.4) is 0 Å². The van der Waals surface area contributed by atoms with Gasteiger partial charge in [-0.2, -0.15) is 0 Å². The van der Waals surface area contributed by atoms with Crippen LogP contribution in [0.1, 0.15) is 5.56 Å². The van der Waals surface area contributed by atoms with Crippen molar-refractivity contribution in [1.29, 1.82) is 0 Å². The molecule has 7 heteroatoms. The largest absolute Gasteiger partial charge is 0.489 e. The summed E-state index contributed by atoms with van der Waals surface area (Å²) >= 11 is 0. The minimum absolute atomic E-state index is 0. The van der Waals surface area contributed by atoms with E-state index in [2.05, 4.69) is 5.32 Å². The van der Waals surface area contributed by atoms with Crippen molar-refractivity contribution in [3.8, 4) is 5.75 Å². The molecule has 0 aliphatic carbocycles. The molecule has 2 rings (SSSR count). The summed E-state index contributed by atoms with van der Waals surface area (Å²) in [6.45, 7) is 0.750. The van der Waals surface area contributed by atoms with Gasteiger partial charge in [0, 0.05) is 23.6 Å². The Labute approximate surface area is 147 Å². The zero-order valence-electron chi connectivity index (χ0n) is 13.2. The quantitative estimate of drug-likeness (QED) is 0.489. The highest BCUT2D eigenvalue weighted by molar-refractivity contribution is 5.85. The van der Waals surface area contributed by atoms with Crippen LogP contribution in [-0.2, 0) is 0 Å². The molecule has 0 atom stereocenters. The van der Waals surface area contributed by atoms with Gasteiger partial charge in [-0.3, -0.25) is 0 Å². The number of hydrogen-bond donors (Lipinski definition) is 5. The number of nitrogens with two attached hydrogens (primary N) is 3. The Balaban J connectivity index is 0.00000288. The first-order valence-electron chi connectivity index (χ1n) is 7.28. The first-order chi connectivity index (χ1) is 11.1. The van der Waals surface area contributed by atoms with Gasteiger partial charge < -0.3 is 32.4 Å². The van der Waals surface area contributed by atoms with E-state index in [1.54, 1.807) is 30.3 Å². The molecule has 130 valence electrons. The first kappa shape index (κ1) is 19.5. The Morgan fingerprint density at radius 1 is 1.04 bits per heavy atom. The molecular formula is C17H23ClN4O2. The Morgan fingerprint density at radius 3 is 2.50 bits per heavy atom. The number of anilines is 4. The normalized spacial score (nSPS) is 10.4. The van der Waals surface area contributed by atoms with Crippen LogP contribution in [0.15, 0.2) is 42.5 Å². The second-order valence-corrected chi connectivity index (χ2v) is 5.00. The number of hydrogen-bond acceptors (Lipinski definition) is 6. The number of benzene rings is 2. The summed E-state index contributed by atoms with van der Waals surface area (Å²) in [4.78, 5) is 0. The zero-order chi connectivity index (χ0) is 16.7. The lowest BCUT2D eigenvalue weighted by molar-refractivity contribution is 0.202. The molecule has 6 nitrogen and oxygen atoms in total. The highest BCUT2D eigenvalue weighted by atomic mass is 35.5. The molecule has 0 radical (unpaired) electrons. The fourth-order valence-electron chi connectivity index (χ4n) is 2.06. The molecule has 0 amide bonds. The summed E-state index contributed by atoms with van der Waals surface area (Å²) in [6.07, 6.45) is 3.84. The second-order valence-electron chi connectivity index (χ2n) is 5.00. The molecule has 0 unspecified atom stereocenters. The summed E-state index contributed by atoms with van der Waals surface area (Å²) < 4.78 is 5.46. The van der Waals surface area contributed by atoms with E-state index in [4.69, 9.17) is 27.0 Å². The number of nitrogen functional groups attached to an aromatic ring is 3. The topological polar surface area (TPSA) is 120 Å². The predicted molar refractivity (Wildman–Crippen MR) is 103 cm³/mol. The molecule has 0 aromatic heterocycles. The molecule has 0 bridgehead atoms. The highest BCUT2D eigenvalue weighted by Gasteiger charge is 2.03. The van der Waals surface area contributed by atoms with Crippen LogP contribution >= 0.6 is 12.4 Å². The van der Waals surface area contributed by atoms with Crippen LogP contribution in [0.4, 0.5) is 22.7 Å². The number of rotatable bonds is 7. The van der Waals surface area contributed by atoms with Gasteiger partial charge in [0.1, 0.15) is 12.4 Å². The van der Waals surface area contributed by atoms with Gasteiger partial charge >= 0.3 is 0 Å². The second kappa shape index (κ2) is 9.54. The third-order valence-corrected chi connectivity index (χ3v) is 3.17. The predicted octanol–water partition coefficient (Wildman–Crippen LogP) is 2.35. The van der Waals surface area contributed by atoms with Crippen molar-refractivity contribution in [2.24, 2.45) is 0 Å². The number of aliphatic hydroxyl groups is 1. The zero-order valence-corrected chi connectivity index (χ0v) is 14.1. The smallest absolute Gasteiger partial charge is 0.142 e. The van der Waals surface area contributed by atoms with Crippen LogP contribution < -0.4 is 27.3 Å². The monoisotopic (exact) mass is 350 g/mol. The van der Waals surface area contributed by atoms with E-state index in [0.29, 0.717) is 29.4 Å². The molecule has 2 aromatic carbocycles. The standard InChI is InChI=1S/C17H22N4O2.ClH/c18-13-3-5-15(20)12(10-13)2-1-7-21-16-11-14(19)4-6-17(16)23-9-8-22;/h1-6,10-11,21-22H,7-9,18-20H2;1H/b2-1+;. The van der Waals surface area contributed by atoms with E-state index in [9.17, 15) is 0 Å². The number of aliphatic hydroxyl groups excluding tert-OH is 1. The van der Waals surface area contributed by atoms with Crippen molar-refractivity contribution in [2.45, 2.75) is 0 Å². The van der Waals surface area contributed by atoms with E-state index < -0.39 is 0 Å². The van der Waals surface area contributed by atoms with Gasteiger partial charge in [-0.05, 0) is 42.0 Å². The number of halogens is 1. The SMILES string of the molecule is Cl.Nc1ccc(N)c(/C=C/CNc2cc(N)ccc2OCCO)c1. The third kappa shape index (κ3) is 5.57. The molecule has 0 fully saturated rings. The average molecular weight is 351 g/mol. The molecule has 0 saturated carbocycles. The Hall–Kier alpha value is -2.57. The van der Waals surface area contributed by atoms with Gasteiger partial charge in [0.2, 0.25) is 0 Å². The Kier molecular flexibility index (Phi) is 7.74. The van der Waals surface area contributed by atoms with Crippen molar-refractivity contribution < 1.29 is 9.84 Å². The maximum atomic E-state index is 8.86. The lowest BCUT2D eigenvalue weighted by Crippen LogP contribution is -2.06.